The van der Waals surface area contributed by atoms with Crippen LogP contribution in [0.1, 0.15) is 63.4 Å². The molecule has 0 bridgehead atoms. The van der Waals surface area contributed by atoms with Gasteiger partial charge in [-0.05, 0) is 42.9 Å². The Morgan fingerprint density at radius 3 is 2.42 bits per heavy atom. The molecule has 0 unspecified atom stereocenters. The number of rotatable bonds is 6. The van der Waals surface area contributed by atoms with Crippen LogP contribution in [0.25, 0.3) is 0 Å². The summed E-state index contributed by atoms with van der Waals surface area (Å²) in [6, 6.07) is 8.46. The minimum Gasteiger partial charge on any atom is -0.494 e. The summed E-state index contributed by atoms with van der Waals surface area (Å²) in [5.41, 5.74) is 1.36. The van der Waals surface area contributed by atoms with Crippen molar-refractivity contribution in [3.63, 3.8) is 0 Å². The molecular weight excluding hydrogens is 236 g/mol. The van der Waals surface area contributed by atoms with E-state index in [-0.39, 0.29) is 0 Å². The van der Waals surface area contributed by atoms with Crippen LogP contribution in [0.15, 0.2) is 24.3 Å². The monoisotopic (exact) mass is 260 g/mol. The molecule has 104 valence electrons. The molecule has 1 aromatic rings. The van der Waals surface area contributed by atoms with Gasteiger partial charge in [0.2, 0.25) is 0 Å². The highest BCUT2D eigenvalue weighted by Crippen LogP contribution is 2.31. The maximum atomic E-state index is 11.2. The smallest absolute Gasteiger partial charge is 0.132 e. The van der Waals surface area contributed by atoms with Gasteiger partial charge in [-0.1, -0.05) is 31.9 Å². The molecule has 0 saturated heterocycles. The van der Waals surface area contributed by atoms with Gasteiger partial charge in [-0.15, -0.1) is 0 Å². The average Bonchev–Trinajstić information content (AvgIpc) is 2.45. The molecule has 1 aromatic carbocycles. The summed E-state index contributed by atoms with van der Waals surface area (Å²) in [6.07, 6.45) is 7.10. The number of hydrogen-bond donors (Lipinski definition) is 0. The van der Waals surface area contributed by atoms with Crippen LogP contribution < -0.4 is 4.74 Å². The standard InChI is InChI=1S/C17H24O2/c1-2-3-4-13-19-17-11-7-15(8-12-17)14-5-9-16(18)10-6-14/h7-8,11-12,14H,2-6,9-10,13H2,1H3. The average molecular weight is 260 g/mol. The Balaban J connectivity index is 1.82. The molecule has 0 radical (unpaired) electrons. The zero-order valence-corrected chi connectivity index (χ0v) is 11.9. The summed E-state index contributed by atoms with van der Waals surface area (Å²) in [4.78, 5) is 11.2. The highest BCUT2D eigenvalue weighted by molar-refractivity contribution is 5.79. The number of ether oxygens (including phenoxy) is 1. The summed E-state index contributed by atoms with van der Waals surface area (Å²) in [5, 5.41) is 0. The lowest BCUT2D eigenvalue weighted by molar-refractivity contribution is -0.120. The highest BCUT2D eigenvalue weighted by atomic mass is 16.5. The minimum absolute atomic E-state index is 0.423. The molecule has 0 aromatic heterocycles. The summed E-state index contributed by atoms with van der Waals surface area (Å²) in [7, 11) is 0. The molecule has 2 nitrogen and oxygen atoms in total. The normalized spacial score (nSPS) is 16.6. The van der Waals surface area contributed by atoms with Crippen LogP contribution in [0.4, 0.5) is 0 Å². The summed E-state index contributed by atoms with van der Waals surface area (Å²) >= 11 is 0. The van der Waals surface area contributed by atoms with Gasteiger partial charge >= 0.3 is 0 Å². The van der Waals surface area contributed by atoms with Crippen molar-refractivity contribution < 1.29 is 9.53 Å². The van der Waals surface area contributed by atoms with Gasteiger partial charge in [-0.25, -0.2) is 0 Å². The minimum atomic E-state index is 0.423. The molecule has 0 amide bonds. The lowest BCUT2D eigenvalue weighted by Gasteiger charge is -2.21. The summed E-state index contributed by atoms with van der Waals surface area (Å²) in [5.74, 6) is 1.95. The van der Waals surface area contributed by atoms with Crippen molar-refractivity contribution in [2.75, 3.05) is 6.61 Å². The van der Waals surface area contributed by atoms with Crippen molar-refractivity contribution in [3.05, 3.63) is 29.8 Å². The second kappa shape index (κ2) is 7.32. The first-order chi connectivity index (χ1) is 9.29. The molecule has 0 spiro atoms. The van der Waals surface area contributed by atoms with E-state index in [9.17, 15) is 4.79 Å². The van der Waals surface area contributed by atoms with Gasteiger partial charge in [-0.2, -0.15) is 0 Å². The fraction of sp³-hybridized carbons (Fsp3) is 0.588. The van der Waals surface area contributed by atoms with Crippen LogP contribution in [0, 0.1) is 0 Å². The van der Waals surface area contributed by atoms with E-state index in [0.29, 0.717) is 11.7 Å². The lowest BCUT2D eigenvalue weighted by atomic mass is 9.83. The predicted octanol–water partition coefficient (Wildman–Crippen LogP) is 4.48. The quantitative estimate of drug-likeness (QED) is 0.705. The Kier molecular flexibility index (Phi) is 5.44. The van der Waals surface area contributed by atoms with Gasteiger partial charge in [0.05, 0.1) is 6.61 Å². The van der Waals surface area contributed by atoms with Crippen molar-refractivity contribution in [2.24, 2.45) is 0 Å². The maximum Gasteiger partial charge on any atom is 0.132 e. The third-order valence-electron chi connectivity index (χ3n) is 3.91. The van der Waals surface area contributed by atoms with Crippen LogP contribution in [-0.4, -0.2) is 12.4 Å². The van der Waals surface area contributed by atoms with Crippen molar-refractivity contribution in [2.45, 2.75) is 57.8 Å². The number of Topliss-reactive ketones (excluding diaryl/α,β-unsaturated/α-hetero) is 1. The third kappa shape index (κ3) is 4.38. The van der Waals surface area contributed by atoms with E-state index in [2.05, 4.69) is 31.2 Å². The van der Waals surface area contributed by atoms with E-state index in [0.717, 1.165) is 44.5 Å². The van der Waals surface area contributed by atoms with E-state index in [1.54, 1.807) is 0 Å². The van der Waals surface area contributed by atoms with E-state index in [1.165, 1.54) is 18.4 Å². The van der Waals surface area contributed by atoms with Crippen molar-refractivity contribution >= 4 is 5.78 Å². The summed E-state index contributed by atoms with van der Waals surface area (Å²) < 4.78 is 5.71. The molecule has 19 heavy (non-hydrogen) atoms. The SMILES string of the molecule is CCCCCOc1ccc(C2CCC(=O)CC2)cc1. The molecule has 2 rings (SSSR count). The number of unbranched alkanes of at least 4 members (excludes halogenated alkanes) is 2. The zero-order chi connectivity index (χ0) is 13.5. The Labute approximate surface area is 116 Å². The first kappa shape index (κ1) is 14.1. The fourth-order valence-corrected chi connectivity index (χ4v) is 2.65. The van der Waals surface area contributed by atoms with Crippen LogP contribution in [0.5, 0.6) is 5.75 Å². The molecule has 0 N–H and O–H groups in total. The molecule has 0 heterocycles. The Bertz CT molecular complexity index is 384. The first-order valence-corrected chi connectivity index (χ1v) is 7.54. The number of benzene rings is 1. The highest BCUT2D eigenvalue weighted by Gasteiger charge is 2.19. The van der Waals surface area contributed by atoms with Gasteiger partial charge in [0.15, 0.2) is 0 Å². The van der Waals surface area contributed by atoms with Crippen LogP contribution in [-0.2, 0) is 4.79 Å². The van der Waals surface area contributed by atoms with Gasteiger partial charge in [0.25, 0.3) is 0 Å². The van der Waals surface area contributed by atoms with Crippen molar-refractivity contribution in [1.29, 1.82) is 0 Å². The topological polar surface area (TPSA) is 26.3 Å². The molecule has 1 aliphatic rings. The lowest BCUT2D eigenvalue weighted by Crippen LogP contribution is -2.12. The first-order valence-electron chi connectivity index (χ1n) is 7.54. The van der Waals surface area contributed by atoms with Crippen molar-refractivity contribution in [1.82, 2.24) is 0 Å². The third-order valence-corrected chi connectivity index (χ3v) is 3.91. The van der Waals surface area contributed by atoms with Gasteiger partial charge in [-0.3, -0.25) is 4.79 Å². The molecule has 2 heteroatoms. The Morgan fingerprint density at radius 1 is 1.11 bits per heavy atom. The molecule has 0 atom stereocenters. The Hall–Kier alpha value is -1.31. The fourth-order valence-electron chi connectivity index (χ4n) is 2.65. The number of hydrogen-bond acceptors (Lipinski definition) is 2. The second-order valence-electron chi connectivity index (χ2n) is 5.44. The van der Waals surface area contributed by atoms with Gasteiger partial charge in [0, 0.05) is 12.8 Å². The number of carbonyl (C=O) groups excluding carboxylic acids is 1. The molecule has 1 saturated carbocycles. The van der Waals surface area contributed by atoms with E-state index < -0.39 is 0 Å². The zero-order valence-electron chi connectivity index (χ0n) is 11.9. The predicted molar refractivity (Wildman–Crippen MR) is 77.7 cm³/mol. The molecule has 1 fully saturated rings. The largest absolute Gasteiger partial charge is 0.494 e. The van der Waals surface area contributed by atoms with E-state index in [4.69, 9.17) is 4.74 Å². The molecule has 0 aliphatic heterocycles. The number of carbonyl (C=O) groups is 1. The number of ketones is 1. The van der Waals surface area contributed by atoms with Gasteiger partial charge in [0.1, 0.15) is 11.5 Å². The summed E-state index contributed by atoms with van der Waals surface area (Å²) in [6.45, 7) is 3.01. The molecule has 1 aliphatic carbocycles. The van der Waals surface area contributed by atoms with Crippen LogP contribution >= 0.6 is 0 Å². The van der Waals surface area contributed by atoms with Gasteiger partial charge < -0.3 is 4.74 Å². The van der Waals surface area contributed by atoms with Crippen LogP contribution in [0.3, 0.4) is 0 Å². The van der Waals surface area contributed by atoms with E-state index >= 15 is 0 Å². The van der Waals surface area contributed by atoms with E-state index in [1.807, 2.05) is 0 Å². The second-order valence-corrected chi connectivity index (χ2v) is 5.44. The van der Waals surface area contributed by atoms with Crippen molar-refractivity contribution in [3.8, 4) is 5.75 Å². The molecular formula is C17H24O2. The maximum absolute atomic E-state index is 11.2. The Morgan fingerprint density at radius 2 is 1.79 bits per heavy atom. The van der Waals surface area contributed by atoms with Crippen LogP contribution in [0.2, 0.25) is 0 Å².